The lowest BCUT2D eigenvalue weighted by molar-refractivity contribution is 0.0889. The van der Waals surface area contributed by atoms with E-state index in [0.717, 1.165) is 25.2 Å². The lowest BCUT2D eigenvalue weighted by Crippen LogP contribution is -2.52. The molecule has 3 heterocycles. The van der Waals surface area contributed by atoms with Crippen molar-refractivity contribution in [2.45, 2.75) is 32.9 Å². The van der Waals surface area contributed by atoms with E-state index in [1.165, 1.54) is 0 Å². The standard InChI is InChI=1S/C16H22N4O/c1-16(2)11-19(8-6-13(16)17)10-12-9-15(21)20-7-4-3-5-14(20)18-12/h3-5,7,9,13H,6,8,10-11,17H2,1-2H3. The summed E-state index contributed by atoms with van der Waals surface area (Å²) in [5, 5.41) is 0. The number of hydrogen-bond donors (Lipinski definition) is 1. The molecule has 1 unspecified atom stereocenters. The Kier molecular flexibility index (Phi) is 3.55. The summed E-state index contributed by atoms with van der Waals surface area (Å²) in [5.41, 5.74) is 7.78. The van der Waals surface area contributed by atoms with Crippen molar-refractivity contribution in [3.05, 3.63) is 46.5 Å². The summed E-state index contributed by atoms with van der Waals surface area (Å²) >= 11 is 0. The van der Waals surface area contributed by atoms with Crippen molar-refractivity contribution >= 4 is 5.65 Å². The molecule has 0 radical (unpaired) electrons. The highest BCUT2D eigenvalue weighted by molar-refractivity contribution is 5.37. The van der Waals surface area contributed by atoms with Gasteiger partial charge in [0.1, 0.15) is 5.65 Å². The van der Waals surface area contributed by atoms with Gasteiger partial charge in [-0.15, -0.1) is 0 Å². The lowest BCUT2D eigenvalue weighted by Gasteiger charge is -2.42. The Labute approximate surface area is 124 Å². The smallest absolute Gasteiger partial charge is 0.258 e. The molecule has 112 valence electrons. The number of nitrogens with zero attached hydrogens (tertiary/aromatic N) is 3. The van der Waals surface area contributed by atoms with Gasteiger partial charge in [0.15, 0.2) is 0 Å². The average Bonchev–Trinajstić information content (AvgIpc) is 2.43. The lowest BCUT2D eigenvalue weighted by atomic mass is 9.80. The van der Waals surface area contributed by atoms with Crippen molar-refractivity contribution in [2.24, 2.45) is 11.1 Å². The maximum atomic E-state index is 12.1. The van der Waals surface area contributed by atoms with Crippen LogP contribution in [0, 0.1) is 5.41 Å². The molecule has 21 heavy (non-hydrogen) atoms. The highest BCUT2D eigenvalue weighted by Crippen LogP contribution is 2.28. The van der Waals surface area contributed by atoms with Crippen LogP contribution in [0.3, 0.4) is 0 Å². The largest absolute Gasteiger partial charge is 0.327 e. The van der Waals surface area contributed by atoms with E-state index in [0.29, 0.717) is 12.2 Å². The summed E-state index contributed by atoms with van der Waals surface area (Å²) in [6.45, 7) is 7.00. The quantitative estimate of drug-likeness (QED) is 0.902. The topological polar surface area (TPSA) is 63.6 Å². The summed E-state index contributed by atoms with van der Waals surface area (Å²) in [6.07, 6.45) is 2.73. The number of nitrogens with two attached hydrogens (primary N) is 1. The van der Waals surface area contributed by atoms with Crippen LogP contribution < -0.4 is 11.3 Å². The van der Waals surface area contributed by atoms with Crippen LogP contribution >= 0.6 is 0 Å². The fraction of sp³-hybridized carbons (Fsp3) is 0.500. The average molecular weight is 286 g/mol. The van der Waals surface area contributed by atoms with Crippen LogP contribution in [0.15, 0.2) is 35.3 Å². The van der Waals surface area contributed by atoms with E-state index < -0.39 is 0 Å². The molecule has 1 aliphatic rings. The number of likely N-dealkylation sites (tertiary alicyclic amines) is 1. The van der Waals surface area contributed by atoms with E-state index in [4.69, 9.17) is 5.73 Å². The number of piperidine rings is 1. The van der Waals surface area contributed by atoms with Crippen LogP contribution in [-0.4, -0.2) is 33.4 Å². The van der Waals surface area contributed by atoms with Crippen LogP contribution in [0.1, 0.15) is 26.0 Å². The van der Waals surface area contributed by atoms with Gasteiger partial charge in [-0.05, 0) is 24.0 Å². The molecule has 0 amide bonds. The maximum absolute atomic E-state index is 12.1. The second-order valence-electron chi connectivity index (χ2n) is 6.61. The molecule has 0 saturated carbocycles. The maximum Gasteiger partial charge on any atom is 0.258 e. The van der Waals surface area contributed by atoms with E-state index in [-0.39, 0.29) is 17.0 Å². The highest BCUT2D eigenvalue weighted by Gasteiger charge is 2.33. The Hall–Kier alpha value is -1.72. The molecule has 0 bridgehead atoms. The van der Waals surface area contributed by atoms with E-state index in [1.807, 2.05) is 18.2 Å². The van der Waals surface area contributed by atoms with E-state index in [1.54, 1.807) is 16.7 Å². The molecule has 5 heteroatoms. The van der Waals surface area contributed by atoms with Gasteiger partial charge < -0.3 is 5.73 Å². The molecule has 1 fully saturated rings. The number of hydrogen-bond acceptors (Lipinski definition) is 4. The van der Waals surface area contributed by atoms with Crippen molar-refractivity contribution in [2.75, 3.05) is 13.1 Å². The van der Waals surface area contributed by atoms with E-state index in [2.05, 4.69) is 23.7 Å². The summed E-state index contributed by atoms with van der Waals surface area (Å²) in [7, 11) is 0. The zero-order valence-corrected chi connectivity index (χ0v) is 12.6. The number of aromatic nitrogens is 2. The van der Waals surface area contributed by atoms with Crippen molar-refractivity contribution in [1.29, 1.82) is 0 Å². The van der Waals surface area contributed by atoms with Gasteiger partial charge in [-0.25, -0.2) is 4.98 Å². The van der Waals surface area contributed by atoms with Crippen molar-refractivity contribution in [3.8, 4) is 0 Å². The summed E-state index contributed by atoms with van der Waals surface area (Å²) in [6, 6.07) is 7.47. The van der Waals surface area contributed by atoms with E-state index in [9.17, 15) is 4.79 Å². The second kappa shape index (κ2) is 5.24. The Morgan fingerprint density at radius 2 is 2.24 bits per heavy atom. The normalized spacial score (nSPS) is 22.5. The Morgan fingerprint density at radius 1 is 1.43 bits per heavy atom. The molecule has 2 aromatic heterocycles. The zero-order valence-electron chi connectivity index (χ0n) is 12.6. The molecule has 0 spiro atoms. The van der Waals surface area contributed by atoms with Crippen LogP contribution in [0.5, 0.6) is 0 Å². The molecule has 1 saturated heterocycles. The molecular formula is C16H22N4O. The van der Waals surface area contributed by atoms with Crippen LogP contribution in [0.25, 0.3) is 5.65 Å². The first-order valence-electron chi connectivity index (χ1n) is 7.41. The van der Waals surface area contributed by atoms with Gasteiger partial charge in [-0.2, -0.15) is 0 Å². The summed E-state index contributed by atoms with van der Waals surface area (Å²) < 4.78 is 1.57. The molecule has 0 aliphatic carbocycles. The molecule has 1 atom stereocenters. The number of fused-ring (bicyclic) bond motifs is 1. The summed E-state index contributed by atoms with van der Waals surface area (Å²) in [5.74, 6) is 0. The predicted molar refractivity (Wildman–Crippen MR) is 83.1 cm³/mol. The minimum Gasteiger partial charge on any atom is -0.327 e. The fourth-order valence-electron chi connectivity index (χ4n) is 3.03. The Balaban J connectivity index is 1.84. The SMILES string of the molecule is CC1(C)CN(Cc2cc(=O)n3ccccc3n2)CCC1N. The fourth-order valence-corrected chi connectivity index (χ4v) is 3.03. The Bertz CT molecular complexity index is 707. The summed E-state index contributed by atoms with van der Waals surface area (Å²) in [4.78, 5) is 19.0. The molecular weight excluding hydrogens is 264 g/mol. The van der Waals surface area contributed by atoms with Crippen LogP contribution in [0.4, 0.5) is 0 Å². The molecule has 1 aliphatic heterocycles. The molecule has 0 aromatic carbocycles. The van der Waals surface area contributed by atoms with Crippen molar-refractivity contribution in [1.82, 2.24) is 14.3 Å². The van der Waals surface area contributed by atoms with Gasteiger partial charge in [0, 0.05) is 37.9 Å². The van der Waals surface area contributed by atoms with Gasteiger partial charge >= 0.3 is 0 Å². The van der Waals surface area contributed by atoms with Gasteiger partial charge in [-0.1, -0.05) is 19.9 Å². The minimum absolute atomic E-state index is 0.0245. The third-order valence-electron chi connectivity index (χ3n) is 4.40. The van der Waals surface area contributed by atoms with Gasteiger partial charge in [0.25, 0.3) is 5.56 Å². The highest BCUT2D eigenvalue weighted by atomic mass is 16.1. The predicted octanol–water partition coefficient (Wildman–Crippen LogP) is 1.25. The Morgan fingerprint density at radius 3 is 3.00 bits per heavy atom. The second-order valence-corrected chi connectivity index (χ2v) is 6.61. The van der Waals surface area contributed by atoms with Crippen molar-refractivity contribution < 1.29 is 0 Å². The third-order valence-corrected chi connectivity index (χ3v) is 4.40. The van der Waals surface area contributed by atoms with Crippen LogP contribution in [0.2, 0.25) is 0 Å². The first kappa shape index (κ1) is 14.2. The molecule has 5 nitrogen and oxygen atoms in total. The number of rotatable bonds is 2. The third kappa shape index (κ3) is 2.84. The first-order chi connectivity index (χ1) is 9.95. The first-order valence-corrected chi connectivity index (χ1v) is 7.41. The number of pyridine rings is 1. The van der Waals surface area contributed by atoms with Gasteiger partial charge in [-0.3, -0.25) is 14.1 Å². The van der Waals surface area contributed by atoms with Gasteiger partial charge in [0.2, 0.25) is 0 Å². The molecule has 2 N–H and O–H groups in total. The van der Waals surface area contributed by atoms with Crippen molar-refractivity contribution in [3.63, 3.8) is 0 Å². The monoisotopic (exact) mass is 286 g/mol. The zero-order chi connectivity index (χ0) is 15.0. The van der Waals surface area contributed by atoms with Crippen LogP contribution in [-0.2, 0) is 6.54 Å². The van der Waals surface area contributed by atoms with E-state index >= 15 is 0 Å². The molecule has 3 rings (SSSR count). The minimum atomic E-state index is -0.0245. The van der Waals surface area contributed by atoms with Gasteiger partial charge in [0.05, 0.1) is 5.69 Å². The molecule has 2 aromatic rings.